The van der Waals surface area contributed by atoms with Gasteiger partial charge in [-0.15, -0.1) is 0 Å². The molecule has 90 valence electrons. The average Bonchev–Trinajstić information content (AvgIpc) is 2.26. The first-order valence-electron chi connectivity index (χ1n) is 5.67. The van der Waals surface area contributed by atoms with Gasteiger partial charge >= 0.3 is 5.97 Å². The Morgan fingerprint density at radius 3 is 2.76 bits per heavy atom. The van der Waals surface area contributed by atoms with Gasteiger partial charge in [0.1, 0.15) is 5.60 Å². The van der Waals surface area contributed by atoms with E-state index in [-0.39, 0.29) is 11.9 Å². The Morgan fingerprint density at radius 2 is 2.06 bits per heavy atom. The minimum atomic E-state index is -0.451. The van der Waals surface area contributed by atoms with Crippen molar-refractivity contribution in [3.8, 4) is 0 Å². The lowest BCUT2D eigenvalue weighted by Gasteiger charge is -2.23. The van der Waals surface area contributed by atoms with Crippen molar-refractivity contribution in [2.75, 3.05) is 0 Å². The van der Waals surface area contributed by atoms with E-state index in [1.54, 1.807) is 12.4 Å². The van der Waals surface area contributed by atoms with E-state index in [1.165, 1.54) is 0 Å². The number of hydrogen-bond acceptors (Lipinski definition) is 4. The van der Waals surface area contributed by atoms with Gasteiger partial charge in [0.15, 0.2) is 0 Å². The predicted octanol–water partition coefficient (Wildman–Crippen LogP) is 2.00. The third-order valence-electron chi connectivity index (χ3n) is 2.42. The summed E-state index contributed by atoms with van der Waals surface area (Å²) >= 11 is 0. The summed E-state index contributed by atoms with van der Waals surface area (Å²) in [7, 11) is 0. The van der Waals surface area contributed by atoms with Crippen molar-refractivity contribution >= 4 is 12.0 Å². The molecule has 1 aliphatic rings. The molecule has 0 spiro atoms. The molecule has 1 atom stereocenters. The number of nitrogens with zero attached hydrogens (tertiary/aromatic N) is 2. The number of hydrogen-bond donors (Lipinski definition) is 0. The fraction of sp³-hybridized carbons (Fsp3) is 0.462. The summed E-state index contributed by atoms with van der Waals surface area (Å²) in [5, 5.41) is 0. The SMILES string of the molecule is CC(C)(C)OC(=O)C1C=Cc2nccnc2C1. The highest BCUT2D eigenvalue weighted by molar-refractivity contribution is 5.77. The minimum Gasteiger partial charge on any atom is -0.460 e. The van der Waals surface area contributed by atoms with Crippen LogP contribution in [0.3, 0.4) is 0 Å². The molecule has 0 N–H and O–H groups in total. The van der Waals surface area contributed by atoms with Gasteiger partial charge in [-0.25, -0.2) is 0 Å². The van der Waals surface area contributed by atoms with Gasteiger partial charge in [0.05, 0.1) is 17.3 Å². The van der Waals surface area contributed by atoms with Gasteiger partial charge in [0, 0.05) is 18.8 Å². The zero-order chi connectivity index (χ0) is 12.5. The number of fused-ring (bicyclic) bond motifs is 1. The zero-order valence-corrected chi connectivity index (χ0v) is 10.3. The predicted molar refractivity (Wildman–Crippen MR) is 64.1 cm³/mol. The fourth-order valence-corrected chi connectivity index (χ4v) is 1.70. The van der Waals surface area contributed by atoms with E-state index in [2.05, 4.69) is 9.97 Å². The van der Waals surface area contributed by atoms with Gasteiger partial charge in [-0.05, 0) is 26.8 Å². The maximum atomic E-state index is 11.9. The van der Waals surface area contributed by atoms with Gasteiger partial charge in [-0.1, -0.05) is 6.08 Å². The highest BCUT2D eigenvalue weighted by Crippen LogP contribution is 2.22. The third kappa shape index (κ3) is 2.90. The molecule has 4 heteroatoms. The summed E-state index contributed by atoms with van der Waals surface area (Å²) in [4.78, 5) is 20.3. The van der Waals surface area contributed by atoms with E-state index in [9.17, 15) is 4.79 Å². The van der Waals surface area contributed by atoms with Crippen LogP contribution in [0.5, 0.6) is 0 Å². The lowest BCUT2D eigenvalue weighted by Crippen LogP contribution is -2.30. The summed E-state index contributed by atoms with van der Waals surface area (Å²) in [5.74, 6) is -0.455. The van der Waals surface area contributed by atoms with Crippen molar-refractivity contribution in [1.82, 2.24) is 9.97 Å². The summed E-state index contributed by atoms with van der Waals surface area (Å²) in [6.45, 7) is 5.60. The number of carbonyl (C=O) groups excluding carboxylic acids is 1. The van der Waals surface area contributed by atoms with Crippen LogP contribution in [0.1, 0.15) is 32.2 Å². The number of aromatic nitrogens is 2. The van der Waals surface area contributed by atoms with E-state index >= 15 is 0 Å². The molecule has 0 radical (unpaired) electrons. The van der Waals surface area contributed by atoms with E-state index in [0.29, 0.717) is 6.42 Å². The van der Waals surface area contributed by atoms with Crippen LogP contribution in [0.4, 0.5) is 0 Å². The van der Waals surface area contributed by atoms with Crippen LogP contribution >= 0.6 is 0 Å². The lowest BCUT2D eigenvalue weighted by molar-refractivity contribution is -0.158. The summed E-state index contributed by atoms with van der Waals surface area (Å²) in [6.07, 6.45) is 7.53. The number of carbonyl (C=O) groups is 1. The third-order valence-corrected chi connectivity index (χ3v) is 2.42. The Labute approximate surface area is 101 Å². The Kier molecular flexibility index (Phi) is 2.96. The molecule has 0 amide bonds. The molecule has 0 saturated heterocycles. The first-order chi connectivity index (χ1) is 7.96. The van der Waals surface area contributed by atoms with Crippen LogP contribution in [0.25, 0.3) is 6.08 Å². The van der Waals surface area contributed by atoms with Gasteiger partial charge in [0.2, 0.25) is 0 Å². The molecule has 2 rings (SSSR count). The van der Waals surface area contributed by atoms with Crippen LogP contribution in [0.2, 0.25) is 0 Å². The Bertz CT molecular complexity index is 461. The normalized spacial score (nSPS) is 18.6. The molecule has 1 unspecified atom stereocenters. The molecule has 1 aliphatic carbocycles. The van der Waals surface area contributed by atoms with E-state index in [1.807, 2.05) is 32.9 Å². The van der Waals surface area contributed by atoms with Crippen LogP contribution in [0, 0.1) is 5.92 Å². The molecule has 1 aromatic rings. The monoisotopic (exact) mass is 232 g/mol. The van der Waals surface area contributed by atoms with Gasteiger partial charge in [-0.3, -0.25) is 14.8 Å². The maximum absolute atomic E-state index is 11.9. The molecule has 1 heterocycles. The Balaban J connectivity index is 2.11. The molecular formula is C13H16N2O2. The standard InChI is InChI=1S/C13H16N2O2/c1-13(2,3)17-12(16)9-4-5-10-11(8-9)15-7-6-14-10/h4-7,9H,8H2,1-3H3. The first kappa shape index (κ1) is 11.8. The maximum Gasteiger partial charge on any atom is 0.313 e. The van der Waals surface area contributed by atoms with Crippen molar-refractivity contribution in [1.29, 1.82) is 0 Å². The van der Waals surface area contributed by atoms with Crippen LogP contribution in [-0.2, 0) is 16.0 Å². The lowest BCUT2D eigenvalue weighted by atomic mass is 9.96. The number of esters is 1. The molecule has 0 bridgehead atoms. The molecule has 0 aliphatic heterocycles. The molecule has 0 aromatic carbocycles. The second-order valence-electron chi connectivity index (χ2n) is 5.09. The molecule has 1 aromatic heterocycles. The van der Waals surface area contributed by atoms with Crippen molar-refractivity contribution in [3.63, 3.8) is 0 Å². The average molecular weight is 232 g/mol. The second kappa shape index (κ2) is 4.28. The molecule has 0 saturated carbocycles. The minimum absolute atomic E-state index is 0.204. The Hall–Kier alpha value is -1.71. The highest BCUT2D eigenvalue weighted by atomic mass is 16.6. The van der Waals surface area contributed by atoms with Crippen LogP contribution in [0.15, 0.2) is 18.5 Å². The molecular weight excluding hydrogens is 216 g/mol. The van der Waals surface area contributed by atoms with Crippen molar-refractivity contribution < 1.29 is 9.53 Å². The number of ether oxygens (including phenoxy) is 1. The summed E-state index contributed by atoms with van der Waals surface area (Å²) < 4.78 is 5.35. The second-order valence-corrected chi connectivity index (χ2v) is 5.09. The summed E-state index contributed by atoms with van der Waals surface area (Å²) in [5.41, 5.74) is 1.24. The fourth-order valence-electron chi connectivity index (χ4n) is 1.70. The van der Waals surface area contributed by atoms with Crippen molar-refractivity contribution in [2.24, 2.45) is 5.92 Å². The van der Waals surface area contributed by atoms with Crippen molar-refractivity contribution in [3.05, 3.63) is 29.9 Å². The van der Waals surface area contributed by atoms with Gasteiger partial charge in [0.25, 0.3) is 0 Å². The van der Waals surface area contributed by atoms with Gasteiger partial charge < -0.3 is 4.74 Å². The quantitative estimate of drug-likeness (QED) is 0.695. The van der Waals surface area contributed by atoms with E-state index in [4.69, 9.17) is 4.74 Å². The molecule has 17 heavy (non-hydrogen) atoms. The highest BCUT2D eigenvalue weighted by Gasteiger charge is 2.26. The Morgan fingerprint density at radius 1 is 1.35 bits per heavy atom. The topological polar surface area (TPSA) is 52.1 Å². The van der Waals surface area contributed by atoms with E-state index < -0.39 is 5.60 Å². The smallest absolute Gasteiger partial charge is 0.313 e. The molecule has 4 nitrogen and oxygen atoms in total. The van der Waals surface area contributed by atoms with E-state index in [0.717, 1.165) is 11.4 Å². The largest absolute Gasteiger partial charge is 0.460 e. The first-order valence-corrected chi connectivity index (χ1v) is 5.67. The zero-order valence-electron chi connectivity index (χ0n) is 10.3. The van der Waals surface area contributed by atoms with Gasteiger partial charge in [-0.2, -0.15) is 0 Å². The number of rotatable bonds is 1. The summed E-state index contributed by atoms with van der Waals surface area (Å²) in [6, 6.07) is 0. The molecule has 0 fully saturated rings. The van der Waals surface area contributed by atoms with Crippen molar-refractivity contribution in [2.45, 2.75) is 32.8 Å². The van der Waals surface area contributed by atoms with Crippen LogP contribution in [-0.4, -0.2) is 21.5 Å². The van der Waals surface area contributed by atoms with Crippen LogP contribution < -0.4 is 0 Å².